The summed E-state index contributed by atoms with van der Waals surface area (Å²) in [7, 11) is 0. The SMILES string of the molecule is CC1CC1COC(=O)NC(CCCCNC(=O)OCC1C2CC/C=C\CCC21)C(=O)NC(CCCCN)C(=O)NCCOCCC(=O)O. The Balaban J connectivity index is 1.44. The van der Waals surface area contributed by atoms with E-state index in [2.05, 4.69) is 40.3 Å². The minimum atomic E-state index is -0.973. The molecule has 0 aromatic carbocycles. The third kappa shape index (κ3) is 15.2. The highest BCUT2D eigenvalue weighted by Crippen LogP contribution is 2.52. The number of fused-ring (bicyclic) bond motifs is 1. The number of rotatable bonds is 23. The molecule has 6 atom stereocenters. The molecule has 2 fully saturated rings. The van der Waals surface area contributed by atoms with Gasteiger partial charge in [-0.05, 0) is 107 Å². The molecule has 14 nitrogen and oxygen atoms in total. The average Bonchev–Trinajstić information content (AvgIpc) is 3.93. The van der Waals surface area contributed by atoms with Crippen LogP contribution in [-0.4, -0.2) is 93.2 Å². The van der Waals surface area contributed by atoms with Gasteiger partial charge in [-0.25, -0.2) is 9.59 Å². The van der Waals surface area contributed by atoms with Crippen molar-refractivity contribution < 1.29 is 43.3 Å². The van der Waals surface area contributed by atoms with Gasteiger partial charge in [-0.3, -0.25) is 14.4 Å². The molecule has 4 amide bonds. The van der Waals surface area contributed by atoms with Crippen LogP contribution in [0.1, 0.15) is 84.0 Å². The van der Waals surface area contributed by atoms with Crippen LogP contribution in [0.5, 0.6) is 0 Å². The summed E-state index contributed by atoms with van der Waals surface area (Å²) >= 11 is 0. The predicted octanol–water partition coefficient (Wildman–Crippen LogP) is 2.85. The Hall–Kier alpha value is -3.39. The highest BCUT2D eigenvalue weighted by molar-refractivity contribution is 5.91. The molecule has 272 valence electrons. The van der Waals surface area contributed by atoms with Gasteiger partial charge >= 0.3 is 18.2 Å². The summed E-state index contributed by atoms with van der Waals surface area (Å²) in [4.78, 5) is 61.9. The fourth-order valence-corrected chi connectivity index (χ4v) is 6.26. The molecular weight excluding hydrogens is 622 g/mol. The van der Waals surface area contributed by atoms with Crippen molar-refractivity contribution in [2.24, 2.45) is 35.3 Å². The smallest absolute Gasteiger partial charge is 0.407 e. The lowest BCUT2D eigenvalue weighted by Crippen LogP contribution is -2.54. The molecule has 0 radical (unpaired) electrons. The lowest BCUT2D eigenvalue weighted by Gasteiger charge is -2.23. The van der Waals surface area contributed by atoms with Gasteiger partial charge in [0.15, 0.2) is 0 Å². The molecule has 0 saturated heterocycles. The molecule has 0 bridgehead atoms. The van der Waals surface area contributed by atoms with E-state index in [1.54, 1.807) is 0 Å². The second kappa shape index (κ2) is 21.6. The lowest BCUT2D eigenvalue weighted by molar-refractivity contribution is -0.138. The van der Waals surface area contributed by atoms with E-state index in [9.17, 15) is 24.0 Å². The maximum atomic E-state index is 13.4. The topological polar surface area (TPSA) is 207 Å². The van der Waals surface area contributed by atoms with Crippen molar-refractivity contribution in [1.29, 1.82) is 0 Å². The number of aliphatic carboxylic acids is 1. The molecule has 14 heteroatoms. The molecule has 3 rings (SSSR count). The van der Waals surface area contributed by atoms with Crippen LogP contribution in [0.2, 0.25) is 0 Å². The van der Waals surface area contributed by atoms with Crippen LogP contribution in [0.15, 0.2) is 12.2 Å². The first-order valence-electron chi connectivity index (χ1n) is 17.8. The number of nitrogens with two attached hydrogens (primary N) is 1. The largest absolute Gasteiger partial charge is 0.481 e. The first kappa shape index (κ1) is 39.1. The minimum absolute atomic E-state index is 0.0288. The number of amides is 4. The Morgan fingerprint density at radius 1 is 0.812 bits per heavy atom. The van der Waals surface area contributed by atoms with Crippen LogP contribution in [0.3, 0.4) is 0 Å². The van der Waals surface area contributed by atoms with Crippen LogP contribution in [-0.2, 0) is 28.6 Å². The molecule has 3 aliphatic carbocycles. The van der Waals surface area contributed by atoms with E-state index in [0.717, 1.165) is 32.1 Å². The Morgan fingerprint density at radius 3 is 2.10 bits per heavy atom. The van der Waals surface area contributed by atoms with Gasteiger partial charge in [0.25, 0.3) is 0 Å². The quantitative estimate of drug-likeness (QED) is 0.0688. The first-order chi connectivity index (χ1) is 23.2. The number of carboxylic acid groups (broad SMARTS) is 1. The molecule has 0 heterocycles. The fourth-order valence-electron chi connectivity index (χ4n) is 6.26. The van der Waals surface area contributed by atoms with E-state index in [-0.39, 0.29) is 39.2 Å². The standard InChI is InChI=1S/C34H57N5O9/c1-23-20-24(23)21-47-34(45)39-29(13-7-9-16-37-33(44)48-22-27-25-10-4-2-3-5-11-26(25)27)32(43)38-28(12-6-8-15-35)31(42)36-17-19-46-18-14-30(40)41/h2-3,23-29H,4-22,35H2,1H3,(H,36,42)(H,37,44)(H,38,43)(H,39,45)(H,40,41)/b3-2-. The third-order valence-electron chi connectivity index (χ3n) is 9.50. The van der Waals surface area contributed by atoms with E-state index < -0.39 is 42.1 Å². The van der Waals surface area contributed by atoms with Crippen LogP contribution in [0.4, 0.5) is 9.59 Å². The van der Waals surface area contributed by atoms with Crippen molar-refractivity contribution in [1.82, 2.24) is 21.3 Å². The normalized spacial score (nSPS) is 24.3. The van der Waals surface area contributed by atoms with Gasteiger partial charge in [-0.15, -0.1) is 0 Å². The highest BCUT2D eigenvalue weighted by atomic mass is 16.6. The molecule has 6 unspecified atom stereocenters. The average molecular weight is 680 g/mol. The van der Waals surface area contributed by atoms with Crippen molar-refractivity contribution in [2.75, 3.05) is 46.1 Å². The summed E-state index contributed by atoms with van der Waals surface area (Å²) in [6, 6.07) is -1.82. The summed E-state index contributed by atoms with van der Waals surface area (Å²) in [5.41, 5.74) is 5.63. The fraction of sp³-hybridized carbons (Fsp3) is 0.794. The van der Waals surface area contributed by atoms with E-state index in [0.29, 0.717) is 81.4 Å². The van der Waals surface area contributed by atoms with Crippen molar-refractivity contribution >= 4 is 30.0 Å². The summed E-state index contributed by atoms with van der Waals surface area (Å²) < 4.78 is 16.1. The number of nitrogens with one attached hydrogen (secondary N) is 4. The number of alkyl carbamates (subject to hydrolysis) is 2. The lowest BCUT2D eigenvalue weighted by atomic mass is 10.1. The van der Waals surface area contributed by atoms with E-state index in [4.69, 9.17) is 25.1 Å². The van der Waals surface area contributed by atoms with Crippen molar-refractivity contribution in [3.05, 3.63) is 12.2 Å². The number of hydrogen-bond acceptors (Lipinski definition) is 9. The van der Waals surface area contributed by atoms with Crippen LogP contribution in [0.25, 0.3) is 0 Å². The number of carbonyl (C=O) groups excluding carboxylic acids is 4. The zero-order chi connectivity index (χ0) is 34.7. The third-order valence-corrected chi connectivity index (χ3v) is 9.50. The summed E-state index contributed by atoms with van der Waals surface area (Å²) in [5.74, 6) is 0.669. The summed E-state index contributed by atoms with van der Waals surface area (Å²) in [6.45, 7) is 3.90. The maximum Gasteiger partial charge on any atom is 0.407 e. The molecule has 2 saturated carbocycles. The summed E-state index contributed by atoms with van der Waals surface area (Å²) in [5, 5.41) is 19.7. The highest BCUT2D eigenvalue weighted by Gasteiger charge is 2.49. The Labute approximate surface area is 284 Å². The Bertz CT molecular complexity index is 1060. The molecule has 0 aliphatic heterocycles. The number of carbonyl (C=O) groups is 5. The molecule has 0 aromatic rings. The Kier molecular flexibility index (Phi) is 17.5. The predicted molar refractivity (Wildman–Crippen MR) is 178 cm³/mol. The van der Waals surface area contributed by atoms with Gasteiger partial charge < -0.3 is 46.3 Å². The molecular formula is C34H57N5O9. The molecule has 0 aromatic heterocycles. The molecule has 7 N–H and O–H groups in total. The summed E-state index contributed by atoms with van der Waals surface area (Å²) in [6.07, 6.45) is 11.6. The monoisotopic (exact) mass is 679 g/mol. The molecule has 48 heavy (non-hydrogen) atoms. The number of allylic oxidation sites excluding steroid dienone is 2. The van der Waals surface area contributed by atoms with E-state index >= 15 is 0 Å². The van der Waals surface area contributed by atoms with Gasteiger partial charge in [0.2, 0.25) is 11.8 Å². The van der Waals surface area contributed by atoms with Gasteiger partial charge in [-0.1, -0.05) is 19.1 Å². The molecule has 3 aliphatic rings. The van der Waals surface area contributed by atoms with Gasteiger partial charge in [0.05, 0.1) is 32.8 Å². The van der Waals surface area contributed by atoms with Crippen molar-refractivity contribution in [3.63, 3.8) is 0 Å². The number of carboxylic acids is 1. The number of unbranched alkanes of at least 4 members (excludes halogenated alkanes) is 2. The zero-order valence-corrected chi connectivity index (χ0v) is 28.4. The maximum absolute atomic E-state index is 13.4. The van der Waals surface area contributed by atoms with E-state index in [1.165, 1.54) is 0 Å². The van der Waals surface area contributed by atoms with Crippen LogP contribution in [0, 0.1) is 29.6 Å². The molecule has 0 spiro atoms. The van der Waals surface area contributed by atoms with E-state index in [1.807, 2.05) is 0 Å². The van der Waals surface area contributed by atoms with Gasteiger partial charge in [0, 0.05) is 13.1 Å². The van der Waals surface area contributed by atoms with Crippen molar-refractivity contribution in [3.8, 4) is 0 Å². The van der Waals surface area contributed by atoms with Gasteiger partial charge in [-0.2, -0.15) is 0 Å². The number of ether oxygens (including phenoxy) is 3. The van der Waals surface area contributed by atoms with Crippen LogP contribution < -0.4 is 27.0 Å². The second-order valence-electron chi connectivity index (χ2n) is 13.3. The van der Waals surface area contributed by atoms with Crippen molar-refractivity contribution in [2.45, 2.75) is 96.1 Å². The zero-order valence-electron chi connectivity index (χ0n) is 28.4. The van der Waals surface area contributed by atoms with Gasteiger partial charge in [0.1, 0.15) is 12.1 Å². The second-order valence-corrected chi connectivity index (χ2v) is 13.3. The first-order valence-corrected chi connectivity index (χ1v) is 17.8. The minimum Gasteiger partial charge on any atom is -0.481 e. The number of hydrogen-bond donors (Lipinski definition) is 6. The Morgan fingerprint density at radius 2 is 1.46 bits per heavy atom. The van der Waals surface area contributed by atoms with Crippen LogP contribution >= 0.6 is 0 Å².